The van der Waals surface area contributed by atoms with Gasteiger partial charge in [0.1, 0.15) is 17.0 Å². The summed E-state index contributed by atoms with van der Waals surface area (Å²) >= 11 is 0. The average molecular weight is 824 g/mol. The Morgan fingerprint density at radius 2 is 0.875 bits per heavy atom. The minimum absolute atomic E-state index is 0.292. The van der Waals surface area contributed by atoms with E-state index >= 15 is 0 Å². The zero-order chi connectivity index (χ0) is 42.3. The van der Waals surface area contributed by atoms with Crippen LogP contribution in [0.2, 0.25) is 0 Å². The van der Waals surface area contributed by atoms with Gasteiger partial charge in [-0.25, -0.2) is 9.37 Å². The Morgan fingerprint density at radius 3 is 1.55 bits per heavy atom. The van der Waals surface area contributed by atoms with Crippen molar-refractivity contribution in [2.24, 2.45) is 0 Å². The van der Waals surface area contributed by atoms with Crippen molar-refractivity contribution in [3.8, 4) is 56.7 Å². The zero-order valence-electron chi connectivity index (χ0n) is 34.2. The largest absolute Gasteiger partial charge is 0.455 e. The molecule has 6 nitrogen and oxygen atoms in total. The number of hydrogen-bond donors (Lipinski definition) is 0. The van der Waals surface area contributed by atoms with Crippen LogP contribution in [0.1, 0.15) is 0 Å². The Hall–Kier alpha value is -8.68. The second-order valence-electron chi connectivity index (χ2n) is 16.1. The van der Waals surface area contributed by atoms with Crippen LogP contribution in [0.3, 0.4) is 0 Å². The van der Waals surface area contributed by atoms with E-state index < -0.39 is 0 Å². The van der Waals surface area contributed by atoms with E-state index in [0.717, 1.165) is 105 Å². The number of para-hydroxylation sites is 3. The fraction of sp³-hybridized carbons (Fsp3) is 0. The van der Waals surface area contributed by atoms with Crippen LogP contribution in [-0.4, -0.2) is 24.1 Å². The summed E-state index contributed by atoms with van der Waals surface area (Å²) in [4.78, 5) is 15.8. The number of aromatic nitrogens is 5. The second-order valence-corrected chi connectivity index (χ2v) is 16.1. The van der Waals surface area contributed by atoms with Crippen LogP contribution in [0.4, 0.5) is 4.39 Å². The van der Waals surface area contributed by atoms with E-state index in [-0.39, 0.29) is 5.82 Å². The van der Waals surface area contributed by atoms with Gasteiger partial charge in [0.15, 0.2) is 11.6 Å². The van der Waals surface area contributed by atoms with Gasteiger partial charge in [0, 0.05) is 54.7 Å². The first-order valence-corrected chi connectivity index (χ1v) is 21.3. The van der Waals surface area contributed by atoms with Crippen molar-refractivity contribution in [2.45, 2.75) is 0 Å². The number of furan rings is 1. The van der Waals surface area contributed by atoms with E-state index in [1.807, 2.05) is 66.7 Å². The Morgan fingerprint density at radius 1 is 0.375 bits per heavy atom. The molecule has 0 amide bonds. The van der Waals surface area contributed by atoms with E-state index in [1.54, 1.807) is 0 Å². The fourth-order valence-corrected chi connectivity index (χ4v) is 9.51. The third kappa shape index (κ3) is 5.61. The molecule has 0 atom stereocenters. The molecule has 4 aromatic heterocycles. The van der Waals surface area contributed by atoms with Gasteiger partial charge in [-0.3, -0.25) is 4.57 Å². The van der Waals surface area contributed by atoms with Crippen molar-refractivity contribution in [2.75, 3.05) is 0 Å². The van der Waals surface area contributed by atoms with Crippen LogP contribution < -0.4 is 0 Å². The minimum Gasteiger partial charge on any atom is -0.455 e. The van der Waals surface area contributed by atoms with Crippen LogP contribution in [0, 0.1) is 5.82 Å². The quantitative estimate of drug-likeness (QED) is 0.168. The third-order valence-electron chi connectivity index (χ3n) is 12.5. The topological polar surface area (TPSA) is 61.7 Å². The number of nitrogens with zero attached hydrogens (tertiary/aromatic N) is 5. The Balaban J connectivity index is 1.14. The van der Waals surface area contributed by atoms with E-state index in [2.05, 4.69) is 137 Å². The number of hydrogen-bond acceptors (Lipinski definition) is 4. The van der Waals surface area contributed by atoms with Crippen LogP contribution in [-0.2, 0) is 0 Å². The molecule has 0 N–H and O–H groups in total. The highest BCUT2D eigenvalue weighted by Crippen LogP contribution is 2.44. The molecule has 9 aromatic carbocycles. The van der Waals surface area contributed by atoms with Gasteiger partial charge in [-0.05, 0) is 59.2 Å². The smallest absolute Gasteiger partial charge is 0.238 e. The molecule has 0 saturated carbocycles. The second kappa shape index (κ2) is 14.2. The summed E-state index contributed by atoms with van der Waals surface area (Å²) in [7, 11) is 0. The maximum absolute atomic E-state index is 14.4. The van der Waals surface area contributed by atoms with Gasteiger partial charge in [-0.15, -0.1) is 0 Å². The van der Waals surface area contributed by atoms with Gasteiger partial charge >= 0.3 is 0 Å². The first kappa shape index (κ1) is 36.0. The predicted molar refractivity (Wildman–Crippen MR) is 257 cm³/mol. The Kier molecular flexibility index (Phi) is 7.99. The van der Waals surface area contributed by atoms with Crippen LogP contribution in [0.15, 0.2) is 211 Å². The molecular weight excluding hydrogens is 790 g/mol. The molecule has 0 radical (unpaired) electrons. The molecule has 0 unspecified atom stereocenters. The van der Waals surface area contributed by atoms with Crippen LogP contribution in [0.5, 0.6) is 0 Å². The molecule has 13 rings (SSSR count). The highest BCUT2D eigenvalue weighted by molar-refractivity contribution is 6.24. The minimum atomic E-state index is -0.292. The maximum atomic E-state index is 14.4. The van der Waals surface area contributed by atoms with Gasteiger partial charge in [0.2, 0.25) is 5.95 Å². The van der Waals surface area contributed by atoms with Gasteiger partial charge < -0.3 is 8.98 Å². The molecule has 7 heteroatoms. The first-order chi connectivity index (χ1) is 31.6. The Labute approximate surface area is 365 Å². The lowest BCUT2D eigenvalue weighted by Crippen LogP contribution is -2.07. The summed E-state index contributed by atoms with van der Waals surface area (Å²) in [6.07, 6.45) is 0. The van der Waals surface area contributed by atoms with Gasteiger partial charge in [0.25, 0.3) is 0 Å². The molecule has 300 valence electrons. The average Bonchev–Trinajstić information content (AvgIpc) is 4.02. The molecule has 13 aromatic rings. The molecule has 0 aliphatic carbocycles. The van der Waals surface area contributed by atoms with Crippen molar-refractivity contribution in [1.29, 1.82) is 0 Å². The molecule has 0 aliphatic heterocycles. The van der Waals surface area contributed by atoms with Crippen molar-refractivity contribution in [3.63, 3.8) is 0 Å². The SMILES string of the molecule is Fc1ccc(-c2cc(-n3c4ccccc4c4ccc5c6ccccc6n(-c6nc(-c7ccccc7)nc(-c7ccc(-c8ccccc8)cc7)n6)c5c43)cc3c2oc2ccccc23)cc1. The summed E-state index contributed by atoms with van der Waals surface area (Å²) in [6.45, 7) is 0. The zero-order valence-corrected chi connectivity index (χ0v) is 34.2. The molecule has 0 bridgehead atoms. The first-order valence-electron chi connectivity index (χ1n) is 21.3. The number of rotatable bonds is 6. The summed E-state index contributed by atoms with van der Waals surface area (Å²) in [5, 5.41) is 6.31. The van der Waals surface area contributed by atoms with E-state index in [9.17, 15) is 4.39 Å². The van der Waals surface area contributed by atoms with Gasteiger partial charge in [0.05, 0.1) is 22.1 Å². The highest BCUT2D eigenvalue weighted by atomic mass is 19.1. The highest BCUT2D eigenvalue weighted by Gasteiger charge is 2.25. The third-order valence-corrected chi connectivity index (χ3v) is 12.5. The fourth-order valence-electron chi connectivity index (χ4n) is 9.51. The van der Waals surface area contributed by atoms with Gasteiger partial charge in [-0.1, -0.05) is 164 Å². The molecular formula is C57H34FN5O. The Bertz CT molecular complexity index is 3950. The number of fused-ring (bicyclic) bond motifs is 10. The molecule has 0 aliphatic rings. The summed E-state index contributed by atoms with van der Waals surface area (Å²) < 4.78 is 25.6. The van der Waals surface area contributed by atoms with E-state index in [0.29, 0.717) is 17.6 Å². The summed E-state index contributed by atoms with van der Waals surface area (Å²) in [5.41, 5.74) is 12.2. The van der Waals surface area contributed by atoms with Crippen molar-refractivity contribution >= 4 is 65.6 Å². The normalized spacial score (nSPS) is 11.8. The molecule has 0 fully saturated rings. The lowest BCUT2D eigenvalue weighted by Gasteiger charge is -2.14. The molecule has 64 heavy (non-hydrogen) atoms. The van der Waals surface area contributed by atoms with Gasteiger partial charge in [-0.2, -0.15) is 9.97 Å². The molecule has 0 spiro atoms. The summed E-state index contributed by atoms with van der Waals surface area (Å²) in [6, 6.07) is 69.5. The lowest BCUT2D eigenvalue weighted by molar-refractivity contribution is 0.628. The predicted octanol–water partition coefficient (Wildman–Crippen LogP) is 14.8. The standard InChI is InChI=1S/C57H34FN5O/c58-40-29-27-37(28-30-40)47-33-41(34-48-44-19-9-12-22-51(44)64-54(47)48)62-49-20-10-7-17-42(49)45-31-32-46-43-18-8-11-21-50(43)63(53(46)52(45)62)57-60-55(38-15-5-2-6-16-38)59-56(61-57)39-25-23-36(24-26-39)35-13-3-1-4-14-35/h1-34H. The van der Waals surface area contributed by atoms with E-state index in [1.165, 1.54) is 12.1 Å². The molecule has 4 heterocycles. The monoisotopic (exact) mass is 823 g/mol. The lowest BCUT2D eigenvalue weighted by atomic mass is 10.0. The van der Waals surface area contributed by atoms with Crippen LogP contribution in [0.25, 0.3) is 122 Å². The van der Waals surface area contributed by atoms with Crippen molar-refractivity contribution in [1.82, 2.24) is 24.1 Å². The maximum Gasteiger partial charge on any atom is 0.238 e. The number of benzene rings is 9. The summed E-state index contributed by atoms with van der Waals surface area (Å²) in [5.74, 6) is 1.37. The van der Waals surface area contributed by atoms with E-state index in [4.69, 9.17) is 19.4 Å². The van der Waals surface area contributed by atoms with Crippen molar-refractivity contribution in [3.05, 3.63) is 212 Å². The van der Waals surface area contributed by atoms with Crippen LogP contribution >= 0.6 is 0 Å². The van der Waals surface area contributed by atoms with Crippen molar-refractivity contribution < 1.29 is 8.81 Å². The molecule has 0 saturated heterocycles. The number of halogens is 1.